The highest BCUT2D eigenvalue weighted by molar-refractivity contribution is 6.31. The molecule has 0 saturated heterocycles. The lowest BCUT2D eigenvalue weighted by atomic mass is 10.1. The maximum Gasteiger partial charge on any atom is 0.222 e. The number of nitrogens with two attached hydrogens (primary N) is 1. The third-order valence-corrected chi connectivity index (χ3v) is 3.49. The lowest BCUT2D eigenvalue weighted by Crippen LogP contribution is -2.27. The molecule has 0 aliphatic rings. The van der Waals surface area contributed by atoms with Crippen LogP contribution < -0.4 is 5.73 Å². The Morgan fingerprint density at radius 1 is 1.53 bits per heavy atom. The van der Waals surface area contributed by atoms with E-state index in [0.717, 1.165) is 6.42 Å². The van der Waals surface area contributed by atoms with Gasteiger partial charge < -0.3 is 10.6 Å². The summed E-state index contributed by atoms with van der Waals surface area (Å²) in [6.07, 6.45) is 1.16. The van der Waals surface area contributed by atoms with Crippen molar-refractivity contribution >= 4 is 17.5 Å². The van der Waals surface area contributed by atoms with Crippen LogP contribution in [0.3, 0.4) is 0 Å². The molecule has 19 heavy (non-hydrogen) atoms. The first-order valence-corrected chi connectivity index (χ1v) is 6.70. The maximum absolute atomic E-state index is 13.6. The van der Waals surface area contributed by atoms with Crippen LogP contribution >= 0.6 is 11.6 Å². The molecule has 0 aliphatic carbocycles. The van der Waals surface area contributed by atoms with Gasteiger partial charge in [0.2, 0.25) is 5.91 Å². The fraction of sp³-hybridized carbons (Fsp3) is 0.500. The molecule has 1 aromatic rings. The summed E-state index contributed by atoms with van der Waals surface area (Å²) >= 11 is 5.93. The SMILES string of the molecule is CC(CN)CCC(=O)N(C)Cc1c(F)cccc1Cl. The third kappa shape index (κ3) is 4.80. The summed E-state index contributed by atoms with van der Waals surface area (Å²) in [6, 6.07) is 4.51. The molecule has 0 aromatic heterocycles. The van der Waals surface area contributed by atoms with Gasteiger partial charge in [-0.3, -0.25) is 4.79 Å². The maximum atomic E-state index is 13.6. The molecule has 5 heteroatoms. The minimum Gasteiger partial charge on any atom is -0.341 e. The summed E-state index contributed by atoms with van der Waals surface area (Å²) in [5, 5.41) is 0.343. The minimum absolute atomic E-state index is 0.0281. The van der Waals surface area contributed by atoms with Gasteiger partial charge in [-0.2, -0.15) is 0 Å². The van der Waals surface area contributed by atoms with E-state index in [0.29, 0.717) is 29.5 Å². The second-order valence-corrected chi connectivity index (χ2v) is 5.24. The summed E-state index contributed by atoms with van der Waals surface area (Å²) in [4.78, 5) is 13.4. The van der Waals surface area contributed by atoms with E-state index in [1.165, 1.54) is 11.0 Å². The van der Waals surface area contributed by atoms with Crippen molar-refractivity contribution in [3.05, 3.63) is 34.6 Å². The number of nitrogens with zero attached hydrogens (tertiary/aromatic N) is 1. The predicted molar refractivity (Wildman–Crippen MR) is 75.3 cm³/mol. The summed E-state index contributed by atoms with van der Waals surface area (Å²) < 4.78 is 13.6. The number of halogens is 2. The van der Waals surface area contributed by atoms with Crippen molar-refractivity contribution in [1.82, 2.24) is 4.90 Å². The van der Waals surface area contributed by atoms with E-state index in [4.69, 9.17) is 17.3 Å². The molecule has 1 atom stereocenters. The van der Waals surface area contributed by atoms with Crippen molar-refractivity contribution in [2.24, 2.45) is 11.7 Å². The van der Waals surface area contributed by atoms with E-state index in [2.05, 4.69) is 0 Å². The van der Waals surface area contributed by atoms with E-state index in [1.54, 1.807) is 19.2 Å². The van der Waals surface area contributed by atoms with Crippen LogP contribution in [0.5, 0.6) is 0 Å². The van der Waals surface area contributed by atoms with Crippen molar-refractivity contribution in [2.45, 2.75) is 26.3 Å². The van der Waals surface area contributed by atoms with E-state index in [1.807, 2.05) is 6.92 Å². The van der Waals surface area contributed by atoms with Gasteiger partial charge in [0.1, 0.15) is 5.82 Å². The van der Waals surface area contributed by atoms with Crippen LogP contribution in [0.15, 0.2) is 18.2 Å². The normalized spacial score (nSPS) is 12.3. The van der Waals surface area contributed by atoms with Crippen LogP contribution in [0.1, 0.15) is 25.3 Å². The second kappa shape index (κ2) is 7.46. The van der Waals surface area contributed by atoms with Gasteiger partial charge in [-0.05, 0) is 31.0 Å². The lowest BCUT2D eigenvalue weighted by Gasteiger charge is -2.19. The Morgan fingerprint density at radius 2 is 2.21 bits per heavy atom. The standard InChI is InChI=1S/C14H20ClFN2O/c1-10(8-17)6-7-14(19)18(2)9-11-12(15)4-3-5-13(11)16/h3-5,10H,6-9,17H2,1-2H3. The summed E-state index contributed by atoms with van der Waals surface area (Å²) in [6.45, 7) is 2.75. The number of carbonyl (C=O) groups excluding carboxylic acids is 1. The van der Waals surface area contributed by atoms with Gasteiger partial charge >= 0.3 is 0 Å². The molecular formula is C14H20ClFN2O. The van der Waals surface area contributed by atoms with Crippen LogP contribution in [0.2, 0.25) is 5.02 Å². The quantitative estimate of drug-likeness (QED) is 0.874. The summed E-state index contributed by atoms with van der Waals surface area (Å²) in [5.41, 5.74) is 5.86. The molecule has 1 unspecified atom stereocenters. The molecule has 1 amide bonds. The number of amides is 1. The molecule has 0 bridgehead atoms. The Balaban J connectivity index is 2.59. The van der Waals surface area contributed by atoms with E-state index in [-0.39, 0.29) is 18.3 Å². The average Bonchev–Trinajstić information content (AvgIpc) is 2.39. The van der Waals surface area contributed by atoms with E-state index >= 15 is 0 Å². The molecular weight excluding hydrogens is 267 g/mol. The molecule has 0 spiro atoms. The molecule has 1 rings (SSSR count). The van der Waals surface area contributed by atoms with E-state index < -0.39 is 0 Å². The van der Waals surface area contributed by atoms with Crippen molar-refractivity contribution in [1.29, 1.82) is 0 Å². The molecule has 106 valence electrons. The molecule has 1 aromatic carbocycles. The highest BCUT2D eigenvalue weighted by atomic mass is 35.5. The lowest BCUT2D eigenvalue weighted by molar-refractivity contribution is -0.130. The molecule has 3 nitrogen and oxygen atoms in total. The van der Waals surface area contributed by atoms with Crippen molar-refractivity contribution in [3.8, 4) is 0 Å². The highest BCUT2D eigenvalue weighted by Crippen LogP contribution is 2.20. The van der Waals surface area contributed by atoms with Crippen LogP contribution in [0, 0.1) is 11.7 Å². The summed E-state index contributed by atoms with van der Waals surface area (Å²) in [5.74, 6) is -0.100. The molecule has 2 N–H and O–H groups in total. The smallest absolute Gasteiger partial charge is 0.222 e. The Kier molecular flexibility index (Phi) is 6.25. The van der Waals surface area contributed by atoms with Crippen LogP contribution in [0.25, 0.3) is 0 Å². The fourth-order valence-corrected chi connectivity index (χ4v) is 1.91. The van der Waals surface area contributed by atoms with Gasteiger partial charge in [0.15, 0.2) is 0 Å². The van der Waals surface area contributed by atoms with Gasteiger partial charge in [0.25, 0.3) is 0 Å². The number of rotatable bonds is 6. The van der Waals surface area contributed by atoms with Gasteiger partial charge in [0, 0.05) is 30.6 Å². The molecule has 0 radical (unpaired) electrons. The predicted octanol–water partition coefficient (Wildman–Crippen LogP) is 2.81. The second-order valence-electron chi connectivity index (χ2n) is 4.83. The zero-order chi connectivity index (χ0) is 14.4. The Hall–Kier alpha value is -1.13. The zero-order valence-electron chi connectivity index (χ0n) is 11.3. The monoisotopic (exact) mass is 286 g/mol. The fourth-order valence-electron chi connectivity index (χ4n) is 1.69. The van der Waals surface area contributed by atoms with E-state index in [9.17, 15) is 9.18 Å². The number of hydrogen-bond donors (Lipinski definition) is 1. The Bertz CT molecular complexity index is 419. The largest absolute Gasteiger partial charge is 0.341 e. The molecule has 0 saturated carbocycles. The van der Waals surface area contributed by atoms with Crippen molar-refractivity contribution < 1.29 is 9.18 Å². The first kappa shape index (κ1) is 15.9. The zero-order valence-corrected chi connectivity index (χ0v) is 12.1. The molecule has 0 heterocycles. The van der Waals surface area contributed by atoms with Crippen LogP contribution in [0.4, 0.5) is 4.39 Å². The van der Waals surface area contributed by atoms with Gasteiger partial charge in [-0.1, -0.05) is 24.6 Å². The number of hydrogen-bond acceptors (Lipinski definition) is 2. The van der Waals surface area contributed by atoms with Crippen LogP contribution in [-0.2, 0) is 11.3 Å². The first-order chi connectivity index (χ1) is 8.95. The Morgan fingerprint density at radius 3 is 2.79 bits per heavy atom. The number of carbonyl (C=O) groups is 1. The number of benzene rings is 1. The minimum atomic E-state index is -0.387. The molecule has 0 aliphatic heterocycles. The van der Waals surface area contributed by atoms with Crippen molar-refractivity contribution in [3.63, 3.8) is 0 Å². The highest BCUT2D eigenvalue weighted by Gasteiger charge is 2.14. The first-order valence-electron chi connectivity index (χ1n) is 6.32. The average molecular weight is 287 g/mol. The van der Waals surface area contributed by atoms with Crippen molar-refractivity contribution in [2.75, 3.05) is 13.6 Å². The Labute approximate surface area is 118 Å². The van der Waals surface area contributed by atoms with Gasteiger partial charge in [-0.25, -0.2) is 4.39 Å². The third-order valence-electron chi connectivity index (χ3n) is 3.14. The van der Waals surface area contributed by atoms with Gasteiger partial charge in [0.05, 0.1) is 0 Å². The van der Waals surface area contributed by atoms with Crippen LogP contribution in [-0.4, -0.2) is 24.4 Å². The van der Waals surface area contributed by atoms with Gasteiger partial charge in [-0.15, -0.1) is 0 Å². The molecule has 0 fully saturated rings. The summed E-state index contributed by atoms with van der Waals surface area (Å²) in [7, 11) is 1.65. The topological polar surface area (TPSA) is 46.3 Å².